The number of benzene rings is 1. The van der Waals surface area contributed by atoms with Crippen molar-refractivity contribution in [2.75, 3.05) is 5.32 Å². The van der Waals surface area contributed by atoms with Gasteiger partial charge >= 0.3 is 0 Å². The molecule has 0 aliphatic heterocycles. The molecule has 0 saturated heterocycles. The van der Waals surface area contributed by atoms with E-state index in [1.54, 1.807) is 0 Å². The standard InChI is InChI=1S/C18H21ClN2O/c1-2-13-16(20-12-8-4-3-5-9-12)17(18(13)22)21-15-11-7-6-10-14(15)19/h2,6-7,10-12,20-21H,3-5,8-9H2,1H3/b13-2+. The third-order valence-electron chi connectivity index (χ3n) is 4.37. The number of nitrogens with one attached hydrogen (secondary N) is 2. The maximum absolute atomic E-state index is 12.3. The summed E-state index contributed by atoms with van der Waals surface area (Å²) in [5.74, 6) is 0.0562. The molecule has 0 radical (unpaired) electrons. The Morgan fingerprint density at radius 1 is 1.14 bits per heavy atom. The molecule has 4 heteroatoms. The summed E-state index contributed by atoms with van der Waals surface area (Å²) in [7, 11) is 0. The second-order valence-corrected chi connectivity index (χ2v) is 6.27. The van der Waals surface area contributed by atoms with Gasteiger partial charge in [-0.3, -0.25) is 4.79 Å². The molecule has 0 atom stereocenters. The van der Waals surface area contributed by atoms with Crippen molar-refractivity contribution in [3.63, 3.8) is 0 Å². The fourth-order valence-electron chi connectivity index (χ4n) is 3.13. The summed E-state index contributed by atoms with van der Waals surface area (Å²) in [4.78, 5) is 12.3. The van der Waals surface area contributed by atoms with Crippen molar-refractivity contribution in [2.24, 2.45) is 0 Å². The van der Waals surface area contributed by atoms with E-state index in [-0.39, 0.29) is 5.78 Å². The summed E-state index contributed by atoms with van der Waals surface area (Å²) >= 11 is 6.18. The monoisotopic (exact) mass is 316 g/mol. The maximum atomic E-state index is 12.3. The van der Waals surface area contributed by atoms with E-state index in [0.29, 0.717) is 16.8 Å². The molecule has 0 aromatic heterocycles. The third kappa shape index (κ3) is 2.91. The smallest absolute Gasteiger partial charge is 0.213 e. The van der Waals surface area contributed by atoms with Gasteiger partial charge in [-0.05, 0) is 31.9 Å². The summed E-state index contributed by atoms with van der Waals surface area (Å²) in [6, 6.07) is 7.95. The van der Waals surface area contributed by atoms with Crippen molar-refractivity contribution in [2.45, 2.75) is 45.1 Å². The van der Waals surface area contributed by atoms with E-state index in [9.17, 15) is 4.79 Å². The van der Waals surface area contributed by atoms with E-state index < -0.39 is 0 Å². The lowest BCUT2D eigenvalue weighted by molar-refractivity contribution is -0.113. The average molecular weight is 317 g/mol. The Morgan fingerprint density at radius 3 is 2.55 bits per heavy atom. The largest absolute Gasteiger partial charge is 0.380 e. The van der Waals surface area contributed by atoms with Gasteiger partial charge in [-0.2, -0.15) is 0 Å². The molecule has 0 spiro atoms. The van der Waals surface area contributed by atoms with Crippen molar-refractivity contribution < 1.29 is 4.79 Å². The van der Waals surface area contributed by atoms with E-state index in [1.165, 1.54) is 32.1 Å². The van der Waals surface area contributed by atoms with Gasteiger partial charge in [0.1, 0.15) is 5.70 Å². The van der Waals surface area contributed by atoms with Crippen molar-refractivity contribution in [3.05, 3.63) is 52.3 Å². The van der Waals surface area contributed by atoms with Crippen LogP contribution in [0.3, 0.4) is 0 Å². The Bertz CT molecular complexity index is 642. The fraction of sp³-hybridized carbons (Fsp3) is 0.389. The first kappa shape index (κ1) is 15.2. The second-order valence-electron chi connectivity index (χ2n) is 5.87. The zero-order valence-corrected chi connectivity index (χ0v) is 13.5. The summed E-state index contributed by atoms with van der Waals surface area (Å²) < 4.78 is 0. The predicted octanol–water partition coefficient (Wildman–Crippen LogP) is 4.41. The Kier molecular flexibility index (Phi) is 4.53. The van der Waals surface area contributed by atoms with Crippen LogP contribution in [0, 0.1) is 0 Å². The molecule has 0 heterocycles. The predicted molar refractivity (Wildman–Crippen MR) is 90.9 cm³/mol. The molecule has 1 fully saturated rings. The number of hydrogen-bond donors (Lipinski definition) is 2. The number of rotatable bonds is 4. The highest BCUT2D eigenvalue weighted by Gasteiger charge is 2.34. The van der Waals surface area contributed by atoms with E-state index in [0.717, 1.165) is 17.0 Å². The van der Waals surface area contributed by atoms with Gasteiger partial charge < -0.3 is 10.6 Å². The summed E-state index contributed by atoms with van der Waals surface area (Å²) in [6.07, 6.45) is 8.07. The van der Waals surface area contributed by atoms with Crippen LogP contribution in [-0.4, -0.2) is 11.8 Å². The molecular weight excluding hydrogens is 296 g/mol. The Balaban J connectivity index is 1.83. The number of carbonyl (C=O) groups is 1. The van der Waals surface area contributed by atoms with Gasteiger partial charge in [0.15, 0.2) is 0 Å². The van der Waals surface area contributed by atoms with Crippen LogP contribution in [-0.2, 0) is 4.79 Å². The van der Waals surface area contributed by atoms with E-state index in [4.69, 9.17) is 11.6 Å². The second kappa shape index (κ2) is 6.57. The SMILES string of the molecule is C/C=C1/C(=O)C(Nc2ccccc2Cl)=C1NC1CCCCC1. The molecule has 2 N–H and O–H groups in total. The topological polar surface area (TPSA) is 41.1 Å². The van der Waals surface area contributed by atoms with Crippen molar-refractivity contribution in [3.8, 4) is 0 Å². The van der Waals surface area contributed by atoms with Crippen molar-refractivity contribution in [1.29, 1.82) is 0 Å². The molecule has 1 aromatic rings. The first-order valence-corrected chi connectivity index (χ1v) is 8.32. The first-order valence-electron chi connectivity index (χ1n) is 7.94. The highest BCUT2D eigenvalue weighted by Crippen LogP contribution is 2.33. The van der Waals surface area contributed by atoms with Gasteiger partial charge in [0.05, 0.1) is 16.4 Å². The first-order chi connectivity index (χ1) is 10.7. The average Bonchev–Trinajstić information content (AvgIpc) is 2.55. The number of allylic oxidation sites excluding steroid dienone is 3. The normalized spacial score (nSPS) is 21.0. The molecule has 3 nitrogen and oxygen atoms in total. The van der Waals surface area contributed by atoms with E-state index in [1.807, 2.05) is 37.3 Å². The van der Waals surface area contributed by atoms with Gasteiger partial charge in [0.2, 0.25) is 5.78 Å². The molecular formula is C18H21ClN2O. The minimum atomic E-state index is 0.0562. The van der Waals surface area contributed by atoms with Crippen LogP contribution in [0.4, 0.5) is 5.69 Å². The van der Waals surface area contributed by atoms with E-state index >= 15 is 0 Å². The summed E-state index contributed by atoms with van der Waals surface area (Å²) in [5.41, 5.74) is 3.12. The van der Waals surface area contributed by atoms with Crippen LogP contribution >= 0.6 is 11.6 Å². The van der Waals surface area contributed by atoms with Crippen LogP contribution in [0.25, 0.3) is 0 Å². The number of anilines is 1. The Labute approximate surface area is 136 Å². The van der Waals surface area contributed by atoms with Gasteiger partial charge in [0, 0.05) is 11.6 Å². The Morgan fingerprint density at radius 2 is 1.86 bits per heavy atom. The third-order valence-corrected chi connectivity index (χ3v) is 4.70. The van der Waals surface area contributed by atoms with E-state index in [2.05, 4.69) is 10.6 Å². The van der Waals surface area contributed by atoms with Crippen LogP contribution in [0.5, 0.6) is 0 Å². The number of halogens is 1. The number of hydrogen-bond acceptors (Lipinski definition) is 3. The number of para-hydroxylation sites is 1. The zero-order valence-electron chi connectivity index (χ0n) is 12.8. The fourth-order valence-corrected chi connectivity index (χ4v) is 3.31. The van der Waals surface area contributed by atoms with Crippen molar-refractivity contribution >= 4 is 23.1 Å². The minimum Gasteiger partial charge on any atom is -0.380 e. The molecule has 3 rings (SSSR count). The number of carbonyl (C=O) groups excluding carboxylic acids is 1. The van der Waals surface area contributed by atoms with Crippen LogP contribution in [0.1, 0.15) is 39.0 Å². The Hall–Kier alpha value is -1.74. The summed E-state index contributed by atoms with van der Waals surface area (Å²) in [6.45, 7) is 1.90. The highest BCUT2D eigenvalue weighted by molar-refractivity contribution is 6.33. The molecule has 0 unspecified atom stereocenters. The van der Waals surface area contributed by atoms with Gasteiger partial charge in [-0.1, -0.05) is 49.1 Å². The molecule has 1 saturated carbocycles. The summed E-state index contributed by atoms with van der Waals surface area (Å²) in [5, 5.41) is 7.38. The quantitative estimate of drug-likeness (QED) is 0.808. The molecule has 2 aliphatic carbocycles. The molecule has 1 aromatic carbocycles. The van der Waals surface area contributed by atoms with Gasteiger partial charge in [-0.25, -0.2) is 0 Å². The molecule has 0 amide bonds. The van der Waals surface area contributed by atoms with Crippen LogP contribution in [0.15, 0.2) is 47.3 Å². The van der Waals surface area contributed by atoms with Gasteiger partial charge in [0.25, 0.3) is 0 Å². The minimum absolute atomic E-state index is 0.0562. The lowest BCUT2D eigenvalue weighted by Gasteiger charge is -2.32. The molecule has 116 valence electrons. The van der Waals surface area contributed by atoms with Crippen molar-refractivity contribution in [1.82, 2.24) is 5.32 Å². The lowest BCUT2D eigenvalue weighted by Crippen LogP contribution is -2.40. The van der Waals surface area contributed by atoms with Crippen LogP contribution in [0.2, 0.25) is 5.02 Å². The number of ketones is 1. The zero-order chi connectivity index (χ0) is 15.5. The maximum Gasteiger partial charge on any atom is 0.213 e. The molecule has 0 bridgehead atoms. The molecule has 2 aliphatic rings. The number of Topliss-reactive ketones (excluding diaryl/α,β-unsaturated/α-hetero) is 1. The van der Waals surface area contributed by atoms with Crippen LogP contribution < -0.4 is 10.6 Å². The molecule has 22 heavy (non-hydrogen) atoms. The van der Waals surface area contributed by atoms with Gasteiger partial charge in [-0.15, -0.1) is 0 Å². The lowest BCUT2D eigenvalue weighted by atomic mass is 9.88. The highest BCUT2D eigenvalue weighted by atomic mass is 35.5.